The Labute approximate surface area is 97.2 Å². The highest BCUT2D eigenvalue weighted by molar-refractivity contribution is 5.61. The summed E-state index contributed by atoms with van der Waals surface area (Å²) in [4.78, 5) is 4.34. The fourth-order valence-corrected chi connectivity index (χ4v) is 1.45. The molecule has 0 aromatic carbocycles. The van der Waals surface area contributed by atoms with Gasteiger partial charge < -0.3 is 15.8 Å². The molecule has 16 heavy (non-hydrogen) atoms. The summed E-state index contributed by atoms with van der Waals surface area (Å²) in [7, 11) is 0. The summed E-state index contributed by atoms with van der Waals surface area (Å²) in [5.74, 6) is 0.729. The number of nitrogen functional groups attached to an aromatic ring is 1. The van der Waals surface area contributed by atoms with Gasteiger partial charge in [0.2, 0.25) is 0 Å². The van der Waals surface area contributed by atoms with Gasteiger partial charge in [-0.15, -0.1) is 0 Å². The Hall–Kier alpha value is -1.29. The Morgan fingerprint density at radius 1 is 1.44 bits per heavy atom. The Morgan fingerprint density at radius 3 is 2.75 bits per heavy atom. The number of hydrogen-bond acceptors (Lipinski definition) is 4. The van der Waals surface area contributed by atoms with Crippen molar-refractivity contribution in [1.82, 2.24) is 4.98 Å². The van der Waals surface area contributed by atoms with E-state index in [9.17, 15) is 0 Å². The maximum atomic E-state index is 5.83. The van der Waals surface area contributed by atoms with Crippen LogP contribution >= 0.6 is 0 Å². The second kappa shape index (κ2) is 5.16. The van der Waals surface area contributed by atoms with Crippen molar-refractivity contribution >= 4 is 11.5 Å². The maximum Gasteiger partial charge on any atom is 0.149 e. The van der Waals surface area contributed by atoms with Gasteiger partial charge >= 0.3 is 0 Å². The minimum absolute atomic E-state index is 0.216. The Bertz CT molecular complexity index is 350. The van der Waals surface area contributed by atoms with Gasteiger partial charge in [-0.05, 0) is 39.8 Å². The molecule has 1 aromatic rings. The molecule has 3 N–H and O–H groups in total. The molecule has 0 radical (unpaired) electrons. The molecule has 1 aromatic heterocycles. The van der Waals surface area contributed by atoms with Crippen LogP contribution in [0.3, 0.4) is 0 Å². The number of nitrogens with one attached hydrogen (secondary N) is 1. The summed E-state index contributed by atoms with van der Waals surface area (Å²) in [6.07, 6.45) is 0. The zero-order chi connectivity index (χ0) is 12.2. The van der Waals surface area contributed by atoms with Gasteiger partial charge in [-0.25, -0.2) is 4.98 Å². The van der Waals surface area contributed by atoms with Crippen molar-refractivity contribution in [1.29, 1.82) is 0 Å². The largest absolute Gasteiger partial charge is 0.396 e. The molecule has 1 rings (SSSR count). The van der Waals surface area contributed by atoms with Crippen molar-refractivity contribution in [2.75, 3.05) is 24.2 Å². The van der Waals surface area contributed by atoms with Crippen molar-refractivity contribution < 1.29 is 4.74 Å². The number of rotatable bonds is 5. The lowest BCUT2D eigenvalue weighted by Gasteiger charge is -2.25. The summed E-state index contributed by atoms with van der Waals surface area (Å²) in [5, 5.41) is 3.22. The van der Waals surface area contributed by atoms with Crippen molar-refractivity contribution in [3.05, 3.63) is 17.8 Å². The fourth-order valence-electron chi connectivity index (χ4n) is 1.45. The second-order valence-corrected chi connectivity index (χ2v) is 4.44. The normalized spacial score (nSPS) is 11.5. The standard InChI is InChI=1S/C12H21N3O/c1-5-16-12(3,4)8-14-11-10(13)7-6-9(2)15-11/h6-7H,5,8,13H2,1-4H3,(H,14,15). The van der Waals surface area contributed by atoms with Crippen LogP contribution in [0.4, 0.5) is 11.5 Å². The molecule has 0 aliphatic carbocycles. The summed E-state index contributed by atoms with van der Waals surface area (Å²) < 4.78 is 5.59. The maximum absolute atomic E-state index is 5.83. The zero-order valence-electron chi connectivity index (χ0n) is 10.5. The third kappa shape index (κ3) is 3.70. The van der Waals surface area contributed by atoms with Crippen LogP contribution < -0.4 is 11.1 Å². The number of nitrogens with zero attached hydrogens (tertiary/aromatic N) is 1. The average molecular weight is 223 g/mol. The summed E-state index contributed by atoms with van der Waals surface area (Å²) in [6, 6.07) is 3.76. The first-order valence-corrected chi connectivity index (χ1v) is 5.55. The average Bonchev–Trinajstić information content (AvgIpc) is 2.19. The van der Waals surface area contributed by atoms with Crippen LogP contribution in [0.1, 0.15) is 26.5 Å². The van der Waals surface area contributed by atoms with E-state index >= 15 is 0 Å². The van der Waals surface area contributed by atoms with Crippen molar-refractivity contribution in [2.45, 2.75) is 33.3 Å². The number of nitrogens with two attached hydrogens (primary N) is 1. The van der Waals surface area contributed by atoms with E-state index in [0.29, 0.717) is 18.8 Å². The predicted molar refractivity (Wildman–Crippen MR) is 67.6 cm³/mol. The van der Waals surface area contributed by atoms with E-state index in [1.54, 1.807) is 0 Å². The van der Waals surface area contributed by atoms with Crippen molar-refractivity contribution in [3.8, 4) is 0 Å². The molecular weight excluding hydrogens is 202 g/mol. The SMILES string of the molecule is CCOC(C)(C)CNc1nc(C)ccc1N. The van der Waals surface area contributed by atoms with Crippen LogP contribution in [0.25, 0.3) is 0 Å². The molecule has 0 atom stereocenters. The van der Waals surface area contributed by atoms with Gasteiger partial charge in [-0.1, -0.05) is 0 Å². The van der Waals surface area contributed by atoms with Gasteiger partial charge in [0.25, 0.3) is 0 Å². The molecule has 0 aliphatic heterocycles. The molecule has 90 valence electrons. The van der Waals surface area contributed by atoms with E-state index in [-0.39, 0.29) is 5.60 Å². The van der Waals surface area contributed by atoms with Gasteiger partial charge in [-0.2, -0.15) is 0 Å². The number of anilines is 2. The van der Waals surface area contributed by atoms with Crippen LogP contribution in [0.2, 0.25) is 0 Å². The Balaban J connectivity index is 2.63. The third-order valence-electron chi connectivity index (χ3n) is 2.28. The molecule has 0 saturated carbocycles. The van der Waals surface area contributed by atoms with E-state index in [2.05, 4.69) is 10.3 Å². The van der Waals surface area contributed by atoms with Crippen molar-refractivity contribution in [3.63, 3.8) is 0 Å². The number of aryl methyl sites for hydroxylation is 1. The molecule has 0 bridgehead atoms. The first-order valence-electron chi connectivity index (χ1n) is 5.55. The topological polar surface area (TPSA) is 60.2 Å². The second-order valence-electron chi connectivity index (χ2n) is 4.44. The minimum atomic E-state index is -0.216. The van der Waals surface area contributed by atoms with Crippen LogP contribution in [0.5, 0.6) is 0 Å². The lowest BCUT2D eigenvalue weighted by Crippen LogP contribution is -2.33. The van der Waals surface area contributed by atoms with Gasteiger partial charge in [0.15, 0.2) is 0 Å². The zero-order valence-corrected chi connectivity index (χ0v) is 10.5. The molecule has 0 spiro atoms. The molecule has 0 amide bonds. The van der Waals surface area contributed by atoms with Crippen LogP contribution in [0.15, 0.2) is 12.1 Å². The van der Waals surface area contributed by atoms with E-state index in [0.717, 1.165) is 11.5 Å². The number of ether oxygens (including phenoxy) is 1. The fraction of sp³-hybridized carbons (Fsp3) is 0.583. The van der Waals surface area contributed by atoms with Gasteiger partial charge in [0, 0.05) is 18.8 Å². The molecule has 4 heteroatoms. The van der Waals surface area contributed by atoms with Crippen LogP contribution in [-0.2, 0) is 4.74 Å². The van der Waals surface area contributed by atoms with Crippen LogP contribution in [-0.4, -0.2) is 23.7 Å². The number of aromatic nitrogens is 1. The highest BCUT2D eigenvalue weighted by Crippen LogP contribution is 2.17. The monoisotopic (exact) mass is 223 g/mol. The molecular formula is C12H21N3O. The van der Waals surface area contributed by atoms with E-state index in [4.69, 9.17) is 10.5 Å². The first-order chi connectivity index (χ1) is 7.44. The molecule has 4 nitrogen and oxygen atoms in total. The molecule has 0 saturated heterocycles. The Morgan fingerprint density at radius 2 is 2.12 bits per heavy atom. The van der Waals surface area contributed by atoms with E-state index in [1.807, 2.05) is 39.8 Å². The first kappa shape index (κ1) is 12.8. The molecule has 0 aliphatic rings. The summed E-state index contributed by atoms with van der Waals surface area (Å²) >= 11 is 0. The number of hydrogen-bond donors (Lipinski definition) is 2. The summed E-state index contributed by atoms with van der Waals surface area (Å²) in [5.41, 5.74) is 7.23. The van der Waals surface area contributed by atoms with Crippen molar-refractivity contribution in [2.24, 2.45) is 0 Å². The van der Waals surface area contributed by atoms with Gasteiger partial charge in [-0.3, -0.25) is 0 Å². The molecule has 0 fully saturated rings. The third-order valence-corrected chi connectivity index (χ3v) is 2.28. The predicted octanol–water partition coefficient (Wildman–Crippen LogP) is 2.20. The smallest absolute Gasteiger partial charge is 0.149 e. The quantitative estimate of drug-likeness (QED) is 0.803. The molecule has 1 heterocycles. The van der Waals surface area contributed by atoms with Crippen LogP contribution in [0, 0.1) is 6.92 Å². The Kier molecular flexibility index (Phi) is 4.12. The highest BCUT2D eigenvalue weighted by Gasteiger charge is 2.17. The lowest BCUT2D eigenvalue weighted by molar-refractivity contribution is 0.000653. The molecule has 0 unspecified atom stereocenters. The highest BCUT2D eigenvalue weighted by atomic mass is 16.5. The number of pyridine rings is 1. The van der Waals surface area contributed by atoms with Gasteiger partial charge in [0.05, 0.1) is 11.3 Å². The van der Waals surface area contributed by atoms with E-state index < -0.39 is 0 Å². The van der Waals surface area contributed by atoms with E-state index in [1.165, 1.54) is 0 Å². The summed E-state index contributed by atoms with van der Waals surface area (Å²) in [6.45, 7) is 9.39. The van der Waals surface area contributed by atoms with Gasteiger partial charge in [0.1, 0.15) is 5.82 Å². The minimum Gasteiger partial charge on any atom is -0.396 e. The lowest BCUT2D eigenvalue weighted by atomic mass is 10.1.